The van der Waals surface area contributed by atoms with Crippen LogP contribution < -0.4 is 5.32 Å². The molecule has 0 aliphatic heterocycles. The molecule has 1 unspecified atom stereocenters. The Hall–Kier alpha value is -2.43. The lowest BCUT2D eigenvalue weighted by molar-refractivity contribution is -0.141. The molecule has 0 spiro atoms. The van der Waals surface area contributed by atoms with Crippen molar-refractivity contribution >= 4 is 15.7 Å². The van der Waals surface area contributed by atoms with Crippen molar-refractivity contribution in [3.8, 4) is 0 Å². The summed E-state index contributed by atoms with van der Waals surface area (Å²) < 4.78 is 74.0. The quantitative estimate of drug-likeness (QED) is 0.720. The summed E-state index contributed by atoms with van der Waals surface area (Å²) in [7, 11) is -3.41. The molecule has 27 heavy (non-hydrogen) atoms. The molecule has 1 aromatic carbocycles. The number of amides is 1. The van der Waals surface area contributed by atoms with Gasteiger partial charge in [0, 0.05) is 11.8 Å². The average molecular weight is 407 g/mol. The summed E-state index contributed by atoms with van der Waals surface area (Å²) in [6.07, 6.45) is -3.60. The third-order valence-corrected chi connectivity index (χ3v) is 4.60. The van der Waals surface area contributed by atoms with Crippen LogP contribution in [-0.4, -0.2) is 30.8 Å². The minimum absolute atomic E-state index is 0.00834. The molecule has 0 radical (unpaired) electrons. The fourth-order valence-corrected chi connectivity index (χ4v) is 3.12. The number of nitrogens with one attached hydrogen (secondary N) is 2. The maximum Gasteiger partial charge on any atom is 0.435 e. The largest absolute Gasteiger partial charge is 0.435 e. The monoisotopic (exact) mass is 407 g/mol. The number of carbonyl (C=O) groups is 1. The number of alkyl halides is 3. The van der Waals surface area contributed by atoms with Crippen LogP contribution in [0.5, 0.6) is 0 Å². The van der Waals surface area contributed by atoms with E-state index in [-0.39, 0.29) is 17.8 Å². The summed E-state index contributed by atoms with van der Waals surface area (Å²) in [5.74, 6) is -2.53. The molecule has 11 heteroatoms. The van der Waals surface area contributed by atoms with Crippen molar-refractivity contribution in [2.24, 2.45) is 0 Å². The van der Waals surface area contributed by atoms with Gasteiger partial charge in [0.05, 0.1) is 23.9 Å². The Bertz CT molecular complexity index is 939. The lowest BCUT2D eigenvalue weighted by atomic mass is 9.99. The number of sulfone groups is 1. The number of hydrogen-bond acceptors (Lipinski definition) is 4. The van der Waals surface area contributed by atoms with Crippen LogP contribution in [0.3, 0.4) is 0 Å². The van der Waals surface area contributed by atoms with Crippen LogP contribution in [0.4, 0.5) is 17.6 Å². The molecule has 2 N–H and O–H groups in total. The molecule has 0 saturated carbocycles. The van der Waals surface area contributed by atoms with E-state index in [9.17, 15) is 30.8 Å². The molecule has 2 aromatic rings. The zero-order valence-electron chi connectivity index (χ0n) is 14.4. The van der Waals surface area contributed by atoms with Gasteiger partial charge in [-0.25, -0.2) is 12.8 Å². The summed E-state index contributed by atoms with van der Waals surface area (Å²) in [6.45, 7) is 1.29. The second kappa shape index (κ2) is 7.67. The normalized spacial score (nSPS) is 13.4. The van der Waals surface area contributed by atoms with Gasteiger partial charge in [-0.15, -0.1) is 0 Å². The zero-order valence-corrected chi connectivity index (χ0v) is 15.2. The van der Waals surface area contributed by atoms with E-state index in [4.69, 9.17) is 0 Å². The molecule has 0 aliphatic carbocycles. The van der Waals surface area contributed by atoms with Crippen LogP contribution in [0.1, 0.15) is 35.4 Å². The minimum Gasteiger partial charge on any atom is -0.350 e. The van der Waals surface area contributed by atoms with E-state index >= 15 is 0 Å². The number of aromatic amines is 1. The number of H-pyrrole nitrogens is 1. The van der Waals surface area contributed by atoms with Gasteiger partial charge in [0.1, 0.15) is 5.82 Å². The van der Waals surface area contributed by atoms with Gasteiger partial charge in [0.25, 0.3) is 0 Å². The molecule has 1 atom stereocenters. The van der Waals surface area contributed by atoms with Crippen molar-refractivity contribution in [1.29, 1.82) is 0 Å². The first-order valence-corrected chi connectivity index (χ1v) is 9.78. The second-order valence-corrected chi connectivity index (χ2v) is 8.28. The number of halogens is 4. The first-order valence-electron chi connectivity index (χ1n) is 7.72. The predicted molar refractivity (Wildman–Crippen MR) is 88.8 cm³/mol. The number of aromatic nitrogens is 2. The van der Waals surface area contributed by atoms with Crippen molar-refractivity contribution in [3.63, 3.8) is 0 Å². The number of carbonyl (C=O) groups excluding carboxylic acids is 1. The third-order valence-electron chi connectivity index (χ3n) is 3.76. The van der Waals surface area contributed by atoms with Crippen LogP contribution in [0.15, 0.2) is 24.3 Å². The van der Waals surface area contributed by atoms with Crippen molar-refractivity contribution < 1.29 is 30.8 Å². The zero-order chi connectivity index (χ0) is 20.4. The lowest BCUT2D eigenvalue weighted by Gasteiger charge is -2.13. The second-order valence-electron chi connectivity index (χ2n) is 6.14. The number of hydrogen-bond donors (Lipinski definition) is 2. The van der Waals surface area contributed by atoms with E-state index in [1.807, 2.05) is 0 Å². The number of nitrogens with zero attached hydrogens (tertiary/aromatic N) is 1. The third kappa shape index (κ3) is 5.78. The lowest BCUT2D eigenvalue weighted by Crippen LogP contribution is -2.27. The number of rotatable bonds is 6. The molecule has 2 rings (SSSR count). The van der Waals surface area contributed by atoms with Gasteiger partial charge >= 0.3 is 6.18 Å². The van der Waals surface area contributed by atoms with Crippen molar-refractivity contribution in [2.75, 3.05) is 6.26 Å². The standard InChI is InChI=1S/C16H17F4N3O3S/c1-9(10-3-4-11(13(17)5-10)8-27(2,25)26)15(24)21-7-12-6-14(23-22-12)16(18,19)20/h3-6,9H,7-8H2,1-2H3,(H,21,24)(H,22,23). The van der Waals surface area contributed by atoms with E-state index in [1.54, 1.807) is 0 Å². The Kier molecular flexibility index (Phi) is 5.93. The van der Waals surface area contributed by atoms with E-state index in [1.165, 1.54) is 19.1 Å². The molecule has 1 aromatic heterocycles. The molecule has 1 amide bonds. The Labute approximate surface area is 152 Å². The van der Waals surface area contributed by atoms with Gasteiger partial charge in [-0.3, -0.25) is 9.89 Å². The van der Waals surface area contributed by atoms with E-state index in [0.29, 0.717) is 5.56 Å². The highest BCUT2D eigenvalue weighted by atomic mass is 32.2. The van der Waals surface area contributed by atoms with Crippen LogP contribution in [0.2, 0.25) is 0 Å². The van der Waals surface area contributed by atoms with Crippen molar-refractivity contribution in [3.05, 3.63) is 52.6 Å². The van der Waals surface area contributed by atoms with Gasteiger partial charge < -0.3 is 5.32 Å². The minimum atomic E-state index is -4.59. The fourth-order valence-electron chi connectivity index (χ4n) is 2.32. The van der Waals surface area contributed by atoms with Crippen LogP contribution in [0, 0.1) is 5.82 Å². The van der Waals surface area contributed by atoms with E-state index < -0.39 is 45.1 Å². The Balaban J connectivity index is 2.02. The van der Waals surface area contributed by atoms with Gasteiger partial charge in [-0.1, -0.05) is 12.1 Å². The molecular weight excluding hydrogens is 390 g/mol. The summed E-state index contributed by atoms with van der Waals surface area (Å²) in [4.78, 5) is 12.2. The van der Waals surface area contributed by atoms with Gasteiger partial charge in [-0.05, 0) is 24.6 Å². The summed E-state index contributed by atoms with van der Waals surface area (Å²) in [5.41, 5.74) is -0.727. The van der Waals surface area contributed by atoms with Crippen molar-refractivity contribution in [1.82, 2.24) is 15.5 Å². The molecular formula is C16H17F4N3O3S. The van der Waals surface area contributed by atoms with Crippen molar-refractivity contribution in [2.45, 2.75) is 31.3 Å². The summed E-state index contributed by atoms with van der Waals surface area (Å²) in [5, 5.41) is 7.74. The molecule has 0 aliphatic rings. The maximum absolute atomic E-state index is 14.1. The SMILES string of the molecule is CC(C(=O)NCc1cc(C(F)(F)F)n[nH]1)c1ccc(CS(C)(=O)=O)c(F)c1. The van der Waals surface area contributed by atoms with Gasteiger partial charge in [0.2, 0.25) is 5.91 Å². The Morgan fingerprint density at radius 3 is 2.48 bits per heavy atom. The highest BCUT2D eigenvalue weighted by Crippen LogP contribution is 2.27. The topological polar surface area (TPSA) is 91.9 Å². The Morgan fingerprint density at radius 2 is 1.96 bits per heavy atom. The molecule has 1 heterocycles. The van der Waals surface area contributed by atoms with Crippen LogP contribution in [-0.2, 0) is 33.1 Å². The van der Waals surface area contributed by atoms with Crippen LogP contribution in [0.25, 0.3) is 0 Å². The maximum atomic E-state index is 14.1. The Morgan fingerprint density at radius 1 is 1.30 bits per heavy atom. The predicted octanol–water partition coefficient (Wildman–Crippen LogP) is 2.53. The van der Waals surface area contributed by atoms with Gasteiger partial charge in [0.15, 0.2) is 15.5 Å². The molecule has 148 valence electrons. The molecule has 0 bridgehead atoms. The molecule has 6 nitrogen and oxygen atoms in total. The van der Waals surface area contributed by atoms with E-state index in [2.05, 4.69) is 15.5 Å². The number of benzene rings is 1. The first-order chi connectivity index (χ1) is 12.4. The highest BCUT2D eigenvalue weighted by Gasteiger charge is 2.33. The van der Waals surface area contributed by atoms with Crippen LogP contribution >= 0.6 is 0 Å². The summed E-state index contributed by atoms with van der Waals surface area (Å²) >= 11 is 0. The molecule has 0 saturated heterocycles. The van der Waals surface area contributed by atoms with E-state index in [0.717, 1.165) is 18.4 Å². The first kappa shape index (κ1) is 20.9. The highest BCUT2D eigenvalue weighted by molar-refractivity contribution is 7.89. The molecule has 0 fully saturated rings. The van der Waals surface area contributed by atoms with Gasteiger partial charge in [-0.2, -0.15) is 18.3 Å². The average Bonchev–Trinajstić information content (AvgIpc) is 3.02. The smallest absolute Gasteiger partial charge is 0.350 e. The summed E-state index contributed by atoms with van der Waals surface area (Å²) in [6, 6.07) is 4.58. The fraction of sp³-hybridized carbons (Fsp3) is 0.375.